The van der Waals surface area contributed by atoms with Crippen molar-refractivity contribution in [2.75, 3.05) is 23.8 Å². The van der Waals surface area contributed by atoms with Gasteiger partial charge in [0.2, 0.25) is 11.8 Å². The average molecular weight is 400 g/mol. The van der Waals surface area contributed by atoms with E-state index in [2.05, 4.69) is 25.6 Å². The van der Waals surface area contributed by atoms with Gasteiger partial charge in [0.1, 0.15) is 18.2 Å². The van der Waals surface area contributed by atoms with Gasteiger partial charge in [-0.3, -0.25) is 0 Å². The van der Waals surface area contributed by atoms with Gasteiger partial charge in [0, 0.05) is 25.4 Å². The first-order chi connectivity index (χ1) is 14.0. The Morgan fingerprint density at radius 1 is 1.21 bits per heavy atom. The van der Waals surface area contributed by atoms with E-state index in [9.17, 15) is 5.11 Å². The molecule has 0 saturated heterocycles. The number of hydrogen-bond donors (Lipinski definition) is 4. The Labute approximate surface area is 169 Å². The molecule has 4 aliphatic rings. The van der Waals surface area contributed by atoms with Gasteiger partial charge in [-0.1, -0.05) is 0 Å². The standard InChI is InChI=1S/C20H28N6O3/c1-26-10-16(21-11-26)22-15-6-17(29-3-2-27)24-19(23-15)25-18-13-4-12-5-14(18)9-20(28,7-12)8-13/h6,10-14,18,27-28H,2-5,7-9H2,1H3,(H2,22,23,24,25). The molecule has 2 unspecified atom stereocenters. The van der Waals surface area contributed by atoms with E-state index in [1.54, 1.807) is 12.4 Å². The molecule has 0 amide bonds. The van der Waals surface area contributed by atoms with Gasteiger partial charge in [-0.15, -0.1) is 0 Å². The van der Waals surface area contributed by atoms with Crippen LogP contribution in [0.4, 0.5) is 17.6 Å². The minimum Gasteiger partial charge on any atom is -0.475 e. The van der Waals surface area contributed by atoms with Crippen molar-refractivity contribution in [3.8, 4) is 5.88 Å². The molecular formula is C20H28N6O3. The molecule has 9 heteroatoms. The van der Waals surface area contributed by atoms with E-state index in [0.717, 1.165) is 32.1 Å². The molecule has 4 bridgehead atoms. The van der Waals surface area contributed by atoms with Crippen LogP contribution >= 0.6 is 0 Å². The van der Waals surface area contributed by atoms with Crippen LogP contribution in [0.25, 0.3) is 0 Å². The molecule has 0 aliphatic heterocycles. The lowest BCUT2D eigenvalue weighted by atomic mass is 9.52. The Morgan fingerprint density at radius 3 is 2.66 bits per heavy atom. The Morgan fingerprint density at radius 2 is 2.00 bits per heavy atom. The minimum atomic E-state index is -0.465. The van der Waals surface area contributed by atoms with E-state index in [1.165, 1.54) is 0 Å². The highest BCUT2D eigenvalue weighted by Gasteiger charge is 2.54. The molecule has 2 aromatic rings. The number of nitrogens with one attached hydrogen (secondary N) is 2. The smallest absolute Gasteiger partial charge is 0.228 e. The third-order valence-corrected chi connectivity index (χ3v) is 6.54. The molecule has 0 radical (unpaired) electrons. The third kappa shape index (κ3) is 3.76. The van der Waals surface area contributed by atoms with Gasteiger partial charge in [0.25, 0.3) is 0 Å². The van der Waals surface area contributed by atoms with Crippen molar-refractivity contribution in [2.45, 2.75) is 43.7 Å². The summed E-state index contributed by atoms with van der Waals surface area (Å²) in [7, 11) is 1.90. The maximum atomic E-state index is 10.8. The van der Waals surface area contributed by atoms with Gasteiger partial charge in [-0.2, -0.15) is 9.97 Å². The Kier molecular flexibility index (Phi) is 4.59. The lowest BCUT2D eigenvalue weighted by molar-refractivity contribution is -0.129. The largest absolute Gasteiger partial charge is 0.475 e. The quantitative estimate of drug-likeness (QED) is 0.555. The normalized spacial score (nSPS) is 32.4. The molecule has 4 N–H and O–H groups in total. The maximum Gasteiger partial charge on any atom is 0.228 e. The second-order valence-corrected chi connectivity index (χ2v) is 8.90. The minimum absolute atomic E-state index is 0.0808. The van der Waals surface area contributed by atoms with Crippen molar-refractivity contribution >= 4 is 17.6 Å². The lowest BCUT2D eigenvalue weighted by Crippen LogP contribution is -2.59. The van der Waals surface area contributed by atoms with E-state index in [0.29, 0.717) is 41.2 Å². The van der Waals surface area contributed by atoms with Crippen molar-refractivity contribution in [3.05, 3.63) is 18.6 Å². The summed E-state index contributed by atoms with van der Waals surface area (Å²) >= 11 is 0. The van der Waals surface area contributed by atoms with Crippen LogP contribution in [0.5, 0.6) is 5.88 Å². The number of aliphatic hydroxyl groups excluding tert-OH is 1. The first-order valence-electron chi connectivity index (χ1n) is 10.4. The van der Waals surface area contributed by atoms with Gasteiger partial charge in [0.05, 0.1) is 18.5 Å². The number of aliphatic hydroxyl groups is 2. The SMILES string of the molecule is Cn1cnc(Nc2cc(OCCO)nc(NC3C4CC5CC3CC(O)(C5)C4)n2)c1. The fourth-order valence-corrected chi connectivity index (χ4v) is 5.75. The molecule has 9 nitrogen and oxygen atoms in total. The summed E-state index contributed by atoms with van der Waals surface area (Å²) in [5.74, 6) is 3.71. The topological polar surface area (TPSA) is 117 Å². The molecule has 4 fully saturated rings. The van der Waals surface area contributed by atoms with Crippen LogP contribution in [0, 0.1) is 17.8 Å². The van der Waals surface area contributed by atoms with Crippen LogP contribution in [0.1, 0.15) is 32.1 Å². The zero-order chi connectivity index (χ0) is 20.0. The molecule has 2 aromatic heterocycles. The molecule has 156 valence electrons. The van der Waals surface area contributed by atoms with E-state index in [1.807, 2.05) is 17.8 Å². The predicted molar refractivity (Wildman–Crippen MR) is 107 cm³/mol. The fraction of sp³-hybridized carbons (Fsp3) is 0.650. The second-order valence-electron chi connectivity index (χ2n) is 8.90. The van der Waals surface area contributed by atoms with Gasteiger partial charge < -0.3 is 30.2 Å². The molecule has 4 aliphatic carbocycles. The monoisotopic (exact) mass is 400 g/mol. The molecule has 0 aromatic carbocycles. The molecule has 29 heavy (non-hydrogen) atoms. The number of ether oxygens (including phenoxy) is 1. The van der Waals surface area contributed by atoms with E-state index in [4.69, 9.17) is 9.84 Å². The summed E-state index contributed by atoms with van der Waals surface area (Å²) in [6.45, 7) is 0.0887. The number of imidazole rings is 1. The predicted octanol–water partition coefficient (Wildman–Crippen LogP) is 1.68. The van der Waals surface area contributed by atoms with Gasteiger partial charge in [-0.25, -0.2) is 4.98 Å². The molecule has 6 rings (SSSR count). The second kappa shape index (κ2) is 7.14. The number of aromatic nitrogens is 4. The van der Waals surface area contributed by atoms with Crippen LogP contribution in [0.3, 0.4) is 0 Å². The van der Waals surface area contributed by atoms with Gasteiger partial charge in [-0.05, 0) is 49.9 Å². The highest BCUT2D eigenvalue weighted by Crippen LogP contribution is 2.56. The molecule has 4 saturated carbocycles. The maximum absolute atomic E-state index is 10.8. The molecule has 2 atom stereocenters. The van der Waals surface area contributed by atoms with Crippen LogP contribution < -0.4 is 15.4 Å². The van der Waals surface area contributed by atoms with Crippen molar-refractivity contribution in [1.82, 2.24) is 19.5 Å². The average Bonchev–Trinajstić information content (AvgIpc) is 3.06. The molecule has 2 heterocycles. The summed E-state index contributed by atoms with van der Waals surface area (Å²) in [5, 5.41) is 26.6. The van der Waals surface area contributed by atoms with Crippen LogP contribution in [0.2, 0.25) is 0 Å². The highest BCUT2D eigenvalue weighted by molar-refractivity contribution is 5.54. The van der Waals surface area contributed by atoms with Crippen LogP contribution in [-0.4, -0.2) is 54.6 Å². The Balaban J connectivity index is 1.38. The fourth-order valence-electron chi connectivity index (χ4n) is 5.75. The van der Waals surface area contributed by atoms with Gasteiger partial charge in [0.15, 0.2) is 0 Å². The highest BCUT2D eigenvalue weighted by atomic mass is 16.5. The Bertz CT molecular complexity index is 871. The van der Waals surface area contributed by atoms with Crippen molar-refractivity contribution in [3.63, 3.8) is 0 Å². The zero-order valence-corrected chi connectivity index (χ0v) is 16.6. The van der Waals surface area contributed by atoms with Crippen LogP contribution in [-0.2, 0) is 7.05 Å². The van der Waals surface area contributed by atoms with E-state index in [-0.39, 0.29) is 19.3 Å². The number of rotatable bonds is 7. The summed E-state index contributed by atoms with van der Waals surface area (Å²) in [4.78, 5) is 13.4. The first kappa shape index (κ1) is 18.6. The third-order valence-electron chi connectivity index (χ3n) is 6.54. The first-order valence-corrected chi connectivity index (χ1v) is 10.4. The zero-order valence-electron chi connectivity index (χ0n) is 16.6. The summed E-state index contributed by atoms with van der Waals surface area (Å²) in [5.41, 5.74) is -0.465. The van der Waals surface area contributed by atoms with Crippen LogP contribution in [0.15, 0.2) is 18.6 Å². The Hall–Kier alpha value is -2.39. The van der Waals surface area contributed by atoms with Crippen molar-refractivity contribution in [2.24, 2.45) is 24.8 Å². The van der Waals surface area contributed by atoms with E-state index < -0.39 is 5.60 Å². The lowest BCUT2D eigenvalue weighted by Gasteiger charge is -2.58. The van der Waals surface area contributed by atoms with Crippen molar-refractivity contribution in [1.29, 1.82) is 0 Å². The number of aryl methyl sites for hydroxylation is 1. The summed E-state index contributed by atoms with van der Waals surface area (Å²) in [6, 6.07) is 1.97. The summed E-state index contributed by atoms with van der Waals surface area (Å²) in [6.07, 6.45) is 8.58. The molecular weight excluding hydrogens is 372 g/mol. The van der Waals surface area contributed by atoms with E-state index >= 15 is 0 Å². The summed E-state index contributed by atoms with van der Waals surface area (Å²) < 4.78 is 7.41. The number of anilines is 3. The number of nitrogens with zero attached hydrogens (tertiary/aromatic N) is 4. The molecule has 0 spiro atoms. The van der Waals surface area contributed by atoms with Gasteiger partial charge >= 0.3 is 0 Å². The number of hydrogen-bond acceptors (Lipinski definition) is 8. The van der Waals surface area contributed by atoms with Crippen molar-refractivity contribution < 1.29 is 14.9 Å².